The Morgan fingerprint density at radius 2 is 2.05 bits per heavy atom. The summed E-state index contributed by atoms with van der Waals surface area (Å²) < 4.78 is 5.77. The van der Waals surface area contributed by atoms with Crippen molar-refractivity contribution < 1.29 is 4.42 Å². The molecular weight excluding hydrogens is 264 g/mol. The Morgan fingerprint density at radius 1 is 1.29 bits per heavy atom. The van der Waals surface area contributed by atoms with Crippen molar-refractivity contribution in [3.63, 3.8) is 0 Å². The zero-order valence-electron chi connectivity index (χ0n) is 12.6. The number of hydrogen-bond acceptors (Lipinski definition) is 5. The molecule has 5 nitrogen and oxygen atoms in total. The van der Waals surface area contributed by atoms with Gasteiger partial charge in [0.15, 0.2) is 0 Å². The Kier molecular flexibility index (Phi) is 4.03. The first-order valence-corrected chi connectivity index (χ1v) is 7.49. The summed E-state index contributed by atoms with van der Waals surface area (Å²) in [4.78, 5) is 2.29. The molecule has 1 fully saturated rings. The molecule has 0 bridgehead atoms. The lowest BCUT2D eigenvalue weighted by Gasteiger charge is -2.34. The number of nitrogens with zero attached hydrogens (tertiary/aromatic N) is 3. The summed E-state index contributed by atoms with van der Waals surface area (Å²) in [5, 5.41) is 8.30. The van der Waals surface area contributed by atoms with Crippen LogP contribution in [0.4, 0.5) is 0 Å². The Morgan fingerprint density at radius 3 is 2.76 bits per heavy atom. The molecule has 0 amide bonds. The minimum atomic E-state index is 0.234. The molecule has 0 radical (unpaired) electrons. The van der Waals surface area contributed by atoms with Crippen molar-refractivity contribution in [2.45, 2.75) is 32.9 Å². The number of aryl methyl sites for hydroxylation is 1. The Bertz CT molecular complexity index is 593. The molecule has 0 spiro atoms. The zero-order valence-corrected chi connectivity index (χ0v) is 12.6. The molecule has 21 heavy (non-hydrogen) atoms. The molecule has 2 atom stereocenters. The van der Waals surface area contributed by atoms with E-state index in [1.807, 2.05) is 24.3 Å². The Balaban J connectivity index is 1.66. The van der Waals surface area contributed by atoms with Crippen molar-refractivity contribution >= 4 is 0 Å². The summed E-state index contributed by atoms with van der Waals surface area (Å²) in [7, 11) is 0. The fourth-order valence-corrected chi connectivity index (χ4v) is 2.63. The Labute approximate surface area is 125 Å². The number of rotatable bonds is 3. The molecule has 5 heteroatoms. The molecule has 0 saturated carbocycles. The standard InChI is InChI=1S/C16H22N4O/c1-11-3-5-13(6-4-11)16-19-18-15(21-16)10-20-8-7-12(2)14(17)9-20/h3-6,12,14H,7-10,17H2,1-2H3. The van der Waals surface area contributed by atoms with Gasteiger partial charge in [0.05, 0.1) is 6.54 Å². The lowest BCUT2D eigenvalue weighted by molar-refractivity contribution is 0.150. The van der Waals surface area contributed by atoms with Gasteiger partial charge in [0.1, 0.15) is 0 Å². The second-order valence-corrected chi connectivity index (χ2v) is 6.03. The first kappa shape index (κ1) is 14.2. The topological polar surface area (TPSA) is 68.2 Å². The number of aromatic nitrogens is 2. The van der Waals surface area contributed by atoms with Gasteiger partial charge in [0.25, 0.3) is 0 Å². The predicted molar refractivity (Wildman–Crippen MR) is 81.5 cm³/mol. The molecule has 2 N–H and O–H groups in total. The number of benzene rings is 1. The molecule has 1 aromatic carbocycles. The van der Waals surface area contributed by atoms with Crippen LogP contribution >= 0.6 is 0 Å². The van der Waals surface area contributed by atoms with Crippen molar-refractivity contribution in [2.75, 3.05) is 13.1 Å². The zero-order chi connectivity index (χ0) is 14.8. The van der Waals surface area contributed by atoms with Crippen LogP contribution in [-0.2, 0) is 6.54 Å². The highest BCUT2D eigenvalue weighted by atomic mass is 16.4. The van der Waals surface area contributed by atoms with Crippen molar-refractivity contribution in [1.82, 2.24) is 15.1 Å². The minimum Gasteiger partial charge on any atom is -0.419 e. The molecule has 2 heterocycles. The van der Waals surface area contributed by atoms with E-state index < -0.39 is 0 Å². The second-order valence-electron chi connectivity index (χ2n) is 6.03. The van der Waals surface area contributed by atoms with Gasteiger partial charge in [0, 0.05) is 18.2 Å². The van der Waals surface area contributed by atoms with Gasteiger partial charge in [-0.15, -0.1) is 10.2 Å². The van der Waals surface area contributed by atoms with Crippen LogP contribution in [0.3, 0.4) is 0 Å². The van der Waals surface area contributed by atoms with Crippen LogP contribution in [0.15, 0.2) is 28.7 Å². The summed E-state index contributed by atoms with van der Waals surface area (Å²) in [6, 6.07) is 8.34. The monoisotopic (exact) mass is 286 g/mol. The third-order valence-electron chi connectivity index (χ3n) is 4.22. The lowest BCUT2D eigenvalue weighted by Crippen LogP contribution is -2.47. The third kappa shape index (κ3) is 3.31. The average molecular weight is 286 g/mol. The lowest BCUT2D eigenvalue weighted by atomic mass is 9.94. The molecule has 112 valence electrons. The predicted octanol–water partition coefficient (Wildman–Crippen LogP) is 2.21. The van der Waals surface area contributed by atoms with E-state index in [2.05, 4.69) is 28.9 Å². The van der Waals surface area contributed by atoms with Gasteiger partial charge in [0.2, 0.25) is 11.8 Å². The third-order valence-corrected chi connectivity index (χ3v) is 4.22. The maximum atomic E-state index is 6.12. The molecule has 3 rings (SSSR count). The van der Waals surface area contributed by atoms with Gasteiger partial charge < -0.3 is 10.2 Å². The Hall–Kier alpha value is -1.72. The van der Waals surface area contributed by atoms with E-state index >= 15 is 0 Å². The molecule has 1 aromatic heterocycles. The van der Waals surface area contributed by atoms with Gasteiger partial charge in [-0.05, 0) is 37.9 Å². The summed E-state index contributed by atoms with van der Waals surface area (Å²) in [5.41, 5.74) is 8.30. The van der Waals surface area contributed by atoms with Crippen LogP contribution < -0.4 is 5.73 Å². The fraction of sp³-hybridized carbons (Fsp3) is 0.500. The van der Waals surface area contributed by atoms with E-state index in [-0.39, 0.29) is 6.04 Å². The smallest absolute Gasteiger partial charge is 0.247 e. The molecular formula is C16H22N4O. The SMILES string of the molecule is Cc1ccc(-c2nnc(CN3CCC(C)C(N)C3)o2)cc1. The normalized spacial score (nSPS) is 23.4. The maximum Gasteiger partial charge on any atom is 0.247 e. The van der Waals surface area contributed by atoms with Crippen molar-refractivity contribution in [2.24, 2.45) is 11.7 Å². The van der Waals surface area contributed by atoms with E-state index in [1.54, 1.807) is 0 Å². The number of nitrogens with two attached hydrogens (primary N) is 1. The molecule has 1 saturated heterocycles. The highest BCUT2D eigenvalue weighted by Crippen LogP contribution is 2.21. The number of piperidine rings is 1. The molecule has 1 aliphatic rings. The van der Waals surface area contributed by atoms with E-state index in [9.17, 15) is 0 Å². The number of likely N-dealkylation sites (tertiary alicyclic amines) is 1. The van der Waals surface area contributed by atoms with Crippen molar-refractivity contribution in [3.8, 4) is 11.5 Å². The number of hydrogen-bond donors (Lipinski definition) is 1. The maximum absolute atomic E-state index is 6.12. The van der Waals surface area contributed by atoms with E-state index in [1.165, 1.54) is 5.56 Å². The average Bonchev–Trinajstić information content (AvgIpc) is 2.92. The van der Waals surface area contributed by atoms with Crippen LogP contribution in [0.5, 0.6) is 0 Å². The fourth-order valence-electron chi connectivity index (χ4n) is 2.63. The van der Waals surface area contributed by atoms with E-state index in [0.29, 0.717) is 24.2 Å². The summed E-state index contributed by atoms with van der Waals surface area (Å²) >= 11 is 0. The van der Waals surface area contributed by atoms with Crippen LogP contribution in [-0.4, -0.2) is 34.2 Å². The van der Waals surface area contributed by atoms with Gasteiger partial charge in [-0.2, -0.15) is 0 Å². The highest BCUT2D eigenvalue weighted by Gasteiger charge is 2.24. The minimum absolute atomic E-state index is 0.234. The summed E-state index contributed by atoms with van der Waals surface area (Å²) in [6.07, 6.45) is 1.13. The van der Waals surface area contributed by atoms with Crippen molar-refractivity contribution in [3.05, 3.63) is 35.7 Å². The molecule has 2 unspecified atom stereocenters. The summed E-state index contributed by atoms with van der Waals surface area (Å²) in [6.45, 7) is 6.88. The molecule has 1 aliphatic heterocycles. The van der Waals surface area contributed by atoms with Gasteiger partial charge in [-0.1, -0.05) is 24.6 Å². The van der Waals surface area contributed by atoms with E-state index in [4.69, 9.17) is 10.2 Å². The van der Waals surface area contributed by atoms with Gasteiger partial charge in [-0.3, -0.25) is 4.90 Å². The van der Waals surface area contributed by atoms with Crippen molar-refractivity contribution in [1.29, 1.82) is 0 Å². The van der Waals surface area contributed by atoms with Gasteiger partial charge in [-0.25, -0.2) is 0 Å². The van der Waals surface area contributed by atoms with Crippen LogP contribution in [0, 0.1) is 12.8 Å². The van der Waals surface area contributed by atoms with Gasteiger partial charge >= 0.3 is 0 Å². The largest absolute Gasteiger partial charge is 0.419 e. The quantitative estimate of drug-likeness (QED) is 0.937. The molecule has 0 aliphatic carbocycles. The first-order valence-electron chi connectivity index (χ1n) is 7.49. The first-order chi connectivity index (χ1) is 10.1. The van der Waals surface area contributed by atoms with Crippen LogP contribution in [0.25, 0.3) is 11.5 Å². The molecule has 2 aromatic rings. The van der Waals surface area contributed by atoms with Crippen LogP contribution in [0.2, 0.25) is 0 Å². The van der Waals surface area contributed by atoms with E-state index in [0.717, 1.165) is 25.1 Å². The second kappa shape index (κ2) is 5.95. The van der Waals surface area contributed by atoms with Crippen LogP contribution in [0.1, 0.15) is 24.8 Å². The highest BCUT2D eigenvalue weighted by molar-refractivity contribution is 5.52. The summed E-state index contributed by atoms with van der Waals surface area (Å²) in [5.74, 6) is 1.83.